The summed E-state index contributed by atoms with van der Waals surface area (Å²) in [6.07, 6.45) is 2.93. The van der Waals surface area contributed by atoms with Crippen LogP contribution in [0.25, 0.3) is 0 Å². The number of carbonyl (C=O) groups is 2. The molecular weight excluding hydrogens is 194 g/mol. The van der Waals surface area contributed by atoms with Gasteiger partial charge in [0, 0.05) is 13.0 Å². The van der Waals surface area contributed by atoms with Gasteiger partial charge in [-0.15, -0.1) is 0 Å². The zero-order valence-corrected chi connectivity index (χ0v) is 9.49. The molecule has 86 valence electrons. The number of hydrogen-bond donors (Lipinski definition) is 0. The van der Waals surface area contributed by atoms with Crippen LogP contribution in [0, 0.1) is 0 Å². The number of ether oxygens (including phenoxy) is 1. The van der Waals surface area contributed by atoms with Gasteiger partial charge >= 0.3 is 6.09 Å². The van der Waals surface area contributed by atoms with E-state index in [1.165, 1.54) is 0 Å². The number of likely N-dealkylation sites (tertiary alicyclic amines) is 1. The highest BCUT2D eigenvalue weighted by Gasteiger charge is 2.35. The summed E-state index contributed by atoms with van der Waals surface area (Å²) in [5.41, 5.74) is 0. The van der Waals surface area contributed by atoms with Crippen LogP contribution in [0.2, 0.25) is 0 Å². The van der Waals surface area contributed by atoms with E-state index < -0.39 is 0 Å². The van der Waals surface area contributed by atoms with E-state index in [1.54, 1.807) is 11.8 Å². The van der Waals surface area contributed by atoms with Crippen LogP contribution in [0.5, 0.6) is 0 Å². The number of Topliss-reactive ketones (excluding diaryl/α,β-unsaturated/α-hetero) is 1. The van der Waals surface area contributed by atoms with Crippen molar-refractivity contribution in [3.8, 4) is 0 Å². The predicted molar refractivity (Wildman–Crippen MR) is 56.7 cm³/mol. The van der Waals surface area contributed by atoms with Crippen LogP contribution in [0.15, 0.2) is 0 Å². The lowest BCUT2D eigenvalue weighted by Crippen LogP contribution is -2.38. The fourth-order valence-corrected chi connectivity index (χ4v) is 1.87. The van der Waals surface area contributed by atoms with Crippen molar-refractivity contribution < 1.29 is 14.3 Å². The molecule has 0 aromatic carbocycles. The van der Waals surface area contributed by atoms with Crippen molar-refractivity contribution in [1.29, 1.82) is 0 Å². The number of nitrogens with zero attached hydrogens (tertiary/aromatic N) is 1. The maximum atomic E-state index is 11.5. The van der Waals surface area contributed by atoms with Crippen molar-refractivity contribution in [2.75, 3.05) is 13.2 Å². The number of hydrogen-bond acceptors (Lipinski definition) is 3. The van der Waals surface area contributed by atoms with Crippen molar-refractivity contribution in [3.05, 3.63) is 0 Å². The van der Waals surface area contributed by atoms with Gasteiger partial charge < -0.3 is 4.74 Å². The molecule has 4 heteroatoms. The molecule has 1 heterocycles. The molecule has 0 aliphatic carbocycles. The maximum Gasteiger partial charge on any atom is 0.410 e. The molecule has 0 saturated carbocycles. The Labute approximate surface area is 90.6 Å². The van der Waals surface area contributed by atoms with E-state index in [0.717, 1.165) is 19.3 Å². The molecule has 0 aromatic heterocycles. The van der Waals surface area contributed by atoms with Crippen molar-refractivity contribution in [3.63, 3.8) is 0 Å². The Balaban J connectivity index is 2.54. The van der Waals surface area contributed by atoms with Gasteiger partial charge in [-0.1, -0.05) is 19.8 Å². The second-order valence-corrected chi connectivity index (χ2v) is 3.77. The largest absolute Gasteiger partial charge is 0.450 e. The SMILES string of the molecule is CCCCC1C(=O)CCN1C(=O)OCC. The maximum absolute atomic E-state index is 11.5. The van der Waals surface area contributed by atoms with E-state index in [1.807, 2.05) is 0 Å². The molecule has 1 saturated heterocycles. The molecule has 1 aliphatic rings. The number of unbranched alkanes of at least 4 members (excludes halogenated alkanes) is 1. The quantitative estimate of drug-likeness (QED) is 0.717. The van der Waals surface area contributed by atoms with Gasteiger partial charge in [-0.25, -0.2) is 4.79 Å². The summed E-state index contributed by atoms with van der Waals surface area (Å²) in [6, 6.07) is -0.232. The molecule has 1 rings (SSSR count). The Morgan fingerprint density at radius 1 is 1.53 bits per heavy atom. The summed E-state index contributed by atoms with van der Waals surface area (Å²) >= 11 is 0. The Morgan fingerprint density at radius 3 is 2.87 bits per heavy atom. The van der Waals surface area contributed by atoms with Crippen LogP contribution < -0.4 is 0 Å². The first-order valence-corrected chi connectivity index (χ1v) is 5.66. The average Bonchev–Trinajstić information content (AvgIpc) is 2.57. The topological polar surface area (TPSA) is 46.6 Å². The fraction of sp³-hybridized carbons (Fsp3) is 0.818. The number of carbonyl (C=O) groups excluding carboxylic acids is 2. The van der Waals surface area contributed by atoms with E-state index in [9.17, 15) is 9.59 Å². The molecule has 15 heavy (non-hydrogen) atoms. The number of amides is 1. The minimum Gasteiger partial charge on any atom is -0.450 e. The zero-order chi connectivity index (χ0) is 11.3. The normalized spacial score (nSPS) is 20.8. The van der Waals surface area contributed by atoms with Crippen LogP contribution in [0.4, 0.5) is 4.79 Å². The fourth-order valence-electron chi connectivity index (χ4n) is 1.87. The van der Waals surface area contributed by atoms with Gasteiger partial charge in [0.15, 0.2) is 5.78 Å². The Morgan fingerprint density at radius 2 is 2.27 bits per heavy atom. The molecule has 0 spiro atoms. The van der Waals surface area contributed by atoms with E-state index >= 15 is 0 Å². The van der Waals surface area contributed by atoms with E-state index in [4.69, 9.17) is 4.74 Å². The van der Waals surface area contributed by atoms with Gasteiger partial charge in [0.2, 0.25) is 0 Å². The highest BCUT2D eigenvalue weighted by atomic mass is 16.6. The van der Waals surface area contributed by atoms with Crippen LogP contribution in [-0.2, 0) is 9.53 Å². The summed E-state index contributed by atoms with van der Waals surface area (Å²) in [6.45, 7) is 4.74. The zero-order valence-electron chi connectivity index (χ0n) is 9.49. The van der Waals surface area contributed by atoms with Crippen molar-refractivity contribution in [1.82, 2.24) is 4.90 Å². The molecule has 0 radical (unpaired) electrons. The summed E-state index contributed by atoms with van der Waals surface area (Å²) in [5.74, 6) is 0.177. The van der Waals surface area contributed by atoms with Crippen LogP contribution >= 0.6 is 0 Å². The Bertz CT molecular complexity index is 240. The third kappa shape index (κ3) is 2.94. The molecule has 1 fully saturated rings. The first kappa shape index (κ1) is 12.0. The summed E-state index contributed by atoms with van der Waals surface area (Å²) in [5, 5.41) is 0. The highest BCUT2D eigenvalue weighted by Crippen LogP contribution is 2.19. The van der Waals surface area contributed by atoms with E-state index in [0.29, 0.717) is 19.6 Å². The van der Waals surface area contributed by atoms with Gasteiger partial charge in [-0.3, -0.25) is 9.69 Å². The Hall–Kier alpha value is -1.06. The lowest BCUT2D eigenvalue weighted by Gasteiger charge is -2.22. The second kappa shape index (κ2) is 5.73. The third-order valence-electron chi connectivity index (χ3n) is 2.68. The molecule has 0 aromatic rings. The first-order chi connectivity index (χ1) is 7.20. The monoisotopic (exact) mass is 213 g/mol. The minimum atomic E-state index is -0.343. The Kier molecular flexibility index (Phi) is 4.59. The van der Waals surface area contributed by atoms with Crippen LogP contribution in [-0.4, -0.2) is 36.0 Å². The molecule has 1 aliphatic heterocycles. The number of rotatable bonds is 4. The van der Waals surface area contributed by atoms with E-state index in [-0.39, 0.29) is 17.9 Å². The summed E-state index contributed by atoms with van der Waals surface area (Å²) in [4.78, 5) is 24.6. The van der Waals surface area contributed by atoms with Gasteiger partial charge in [0.1, 0.15) is 0 Å². The molecule has 4 nitrogen and oxygen atoms in total. The van der Waals surface area contributed by atoms with Gasteiger partial charge in [0.05, 0.1) is 12.6 Å². The smallest absolute Gasteiger partial charge is 0.410 e. The van der Waals surface area contributed by atoms with Crippen molar-refractivity contribution >= 4 is 11.9 Å². The third-order valence-corrected chi connectivity index (χ3v) is 2.68. The molecule has 0 bridgehead atoms. The van der Waals surface area contributed by atoms with Gasteiger partial charge in [-0.05, 0) is 13.3 Å². The first-order valence-electron chi connectivity index (χ1n) is 5.66. The molecule has 1 atom stereocenters. The van der Waals surface area contributed by atoms with Crippen molar-refractivity contribution in [2.24, 2.45) is 0 Å². The van der Waals surface area contributed by atoms with E-state index in [2.05, 4.69) is 6.92 Å². The summed E-state index contributed by atoms with van der Waals surface area (Å²) < 4.78 is 4.92. The van der Waals surface area contributed by atoms with Crippen molar-refractivity contribution in [2.45, 2.75) is 45.6 Å². The average molecular weight is 213 g/mol. The lowest BCUT2D eigenvalue weighted by molar-refractivity contribution is -0.120. The molecule has 1 unspecified atom stereocenters. The van der Waals surface area contributed by atoms with Crippen LogP contribution in [0.1, 0.15) is 39.5 Å². The molecular formula is C11H19NO3. The predicted octanol–water partition coefficient (Wildman–Crippen LogP) is 1.98. The molecule has 0 N–H and O–H groups in total. The number of ketones is 1. The molecule has 1 amide bonds. The highest BCUT2D eigenvalue weighted by molar-refractivity contribution is 5.90. The minimum absolute atomic E-state index is 0.177. The van der Waals surface area contributed by atoms with Crippen LogP contribution in [0.3, 0.4) is 0 Å². The standard InChI is InChI=1S/C11H19NO3/c1-3-5-6-9-10(13)7-8-12(9)11(14)15-4-2/h9H,3-8H2,1-2H3. The second-order valence-electron chi connectivity index (χ2n) is 3.77. The lowest BCUT2D eigenvalue weighted by atomic mass is 10.1. The van der Waals surface area contributed by atoms with Gasteiger partial charge in [0.25, 0.3) is 0 Å². The summed E-state index contributed by atoms with van der Waals surface area (Å²) in [7, 11) is 0. The van der Waals surface area contributed by atoms with Gasteiger partial charge in [-0.2, -0.15) is 0 Å².